The van der Waals surface area contributed by atoms with Gasteiger partial charge in [-0.05, 0) is 25.5 Å². The highest BCUT2D eigenvalue weighted by molar-refractivity contribution is 5.82. The molecule has 0 radical (unpaired) electrons. The Hall–Kier alpha value is -2.43. The topological polar surface area (TPSA) is 68.3 Å². The summed E-state index contributed by atoms with van der Waals surface area (Å²) in [6, 6.07) is 3.75. The maximum Gasteiger partial charge on any atom is 0.293 e. The minimum Gasteiger partial charge on any atom is -0.463 e. The van der Waals surface area contributed by atoms with Crippen LogP contribution in [0.2, 0.25) is 0 Å². The van der Waals surface area contributed by atoms with Crippen LogP contribution in [0.4, 0.5) is 0 Å². The zero-order valence-corrected chi connectivity index (χ0v) is 13.2. The number of fused-ring (bicyclic) bond motifs is 2. The molecule has 1 fully saturated rings. The molecule has 1 N–H and O–H groups in total. The molecule has 1 aromatic heterocycles. The predicted octanol–water partition coefficient (Wildman–Crippen LogP) is 2.01. The fourth-order valence-electron chi connectivity index (χ4n) is 3.72. The third-order valence-electron chi connectivity index (χ3n) is 4.62. The van der Waals surface area contributed by atoms with E-state index < -0.39 is 6.10 Å². The first kappa shape index (κ1) is 15.5. The average Bonchev–Trinajstić information content (AvgIpc) is 3.10. The van der Waals surface area contributed by atoms with Gasteiger partial charge in [-0.3, -0.25) is 14.6 Å². The largest absolute Gasteiger partial charge is 0.463 e. The molecule has 120 valence electrons. The van der Waals surface area contributed by atoms with E-state index in [1.165, 1.54) is 11.1 Å². The highest BCUT2D eigenvalue weighted by Crippen LogP contribution is 2.50. The van der Waals surface area contributed by atoms with Crippen LogP contribution in [0.5, 0.6) is 0 Å². The minimum absolute atomic E-state index is 0.0175. The van der Waals surface area contributed by atoms with Gasteiger partial charge < -0.3 is 10.1 Å². The molecule has 1 amide bonds. The number of aromatic nitrogens is 1. The van der Waals surface area contributed by atoms with Gasteiger partial charge in [0.15, 0.2) is 0 Å². The summed E-state index contributed by atoms with van der Waals surface area (Å²) in [6.07, 6.45) is 7.11. The summed E-state index contributed by atoms with van der Waals surface area (Å²) in [5.74, 6) is -0.415. The Morgan fingerprint density at radius 3 is 2.78 bits per heavy atom. The number of rotatable bonds is 5. The molecule has 5 heteroatoms. The SMILES string of the molecule is CC(C)=C1[C@H]2C=C[C@@H]1[C@H](OC=O)[C@@H]2C(=O)NCc1cccnc1. The molecule has 0 aliphatic heterocycles. The van der Waals surface area contributed by atoms with Crippen LogP contribution in [0, 0.1) is 17.8 Å². The summed E-state index contributed by atoms with van der Waals surface area (Å²) in [5.41, 5.74) is 3.33. The molecule has 5 nitrogen and oxygen atoms in total. The second-order valence-electron chi connectivity index (χ2n) is 6.19. The van der Waals surface area contributed by atoms with Crippen LogP contribution in [0.3, 0.4) is 0 Å². The molecule has 2 aliphatic rings. The number of hydrogen-bond donors (Lipinski definition) is 1. The lowest BCUT2D eigenvalue weighted by Gasteiger charge is -2.24. The molecule has 1 aromatic rings. The fourth-order valence-corrected chi connectivity index (χ4v) is 3.72. The van der Waals surface area contributed by atoms with E-state index in [1.807, 2.05) is 32.1 Å². The molecule has 0 spiro atoms. The molecular formula is C18H20N2O3. The smallest absolute Gasteiger partial charge is 0.293 e. The Kier molecular flexibility index (Phi) is 4.28. The number of carbonyl (C=O) groups is 2. The number of hydrogen-bond acceptors (Lipinski definition) is 4. The Morgan fingerprint density at radius 2 is 2.13 bits per heavy atom. The van der Waals surface area contributed by atoms with Crippen molar-refractivity contribution in [3.05, 3.63) is 53.4 Å². The quantitative estimate of drug-likeness (QED) is 0.667. The molecule has 1 heterocycles. The summed E-state index contributed by atoms with van der Waals surface area (Å²) >= 11 is 0. The first-order valence-corrected chi connectivity index (χ1v) is 7.74. The van der Waals surface area contributed by atoms with Gasteiger partial charge in [-0.1, -0.05) is 29.4 Å². The number of pyridine rings is 1. The Morgan fingerprint density at radius 1 is 1.35 bits per heavy atom. The van der Waals surface area contributed by atoms with Crippen LogP contribution in [-0.4, -0.2) is 23.5 Å². The highest BCUT2D eigenvalue weighted by Gasteiger charge is 2.53. The minimum atomic E-state index is -0.415. The normalized spacial score (nSPS) is 27.8. The van der Waals surface area contributed by atoms with Crippen molar-refractivity contribution >= 4 is 12.4 Å². The first-order chi connectivity index (χ1) is 11.1. The lowest BCUT2D eigenvalue weighted by molar-refractivity contribution is -0.141. The first-order valence-electron chi connectivity index (χ1n) is 7.74. The van der Waals surface area contributed by atoms with Gasteiger partial charge >= 0.3 is 0 Å². The number of amides is 1. The van der Waals surface area contributed by atoms with Crippen molar-refractivity contribution in [2.45, 2.75) is 26.5 Å². The highest BCUT2D eigenvalue weighted by atomic mass is 16.5. The summed E-state index contributed by atoms with van der Waals surface area (Å²) in [6.45, 7) is 4.94. The average molecular weight is 312 g/mol. The summed E-state index contributed by atoms with van der Waals surface area (Å²) in [7, 11) is 0. The molecule has 1 saturated carbocycles. The van der Waals surface area contributed by atoms with E-state index in [9.17, 15) is 9.59 Å². The second-order valence-corrected chi connectivity index (χ2v) is 6.19. The Bertz CT molecular complexity index is 662. The van der Waals surface area contributed by atoms with E-state index in [-0.39, 0.29) is 23.7 Å². The fraction of sp³-hybridized carbons (Fsp3) is 0.389. The molecule has 23 heavy (non-hydrogen) atoms. The van der Waals surface area contributed by atoms with Crippen molar-refractivity contribution in [1.82, 2.24) is 10.3 Å². The van der Waals surface area contributed by atoms with E-state index in [2.05, 4.69) is 16.4 Å². The van der Waals surface area contributed by atoms with E-state index in [1.54, 1.807) is 12.4 Å². The van der Waals surface area contributed by atoms with Crippen molar-refractivity contribution in [2.75, 3.05) is 0 Å². The van der Waals surface area contributed by atoms with Crippen molar-refractivity contribution in [3.63, 3.8) is 0 Å². The molecule has 3 rings (SSSR count). The standard InChI is InChI=1S/C18H20N2O3/c1-11(2)15-13-5-6-14(15)17(23-10-21)16(13)18(22)20-9-12-4-3-7-19-8-12/h3-8,10,13-14,16-17H,9H2,1-2H3,(H,20,22)/t13-,14+,16-,17+/m1/s1. The van der Waals surface area contributed by atoms with Gasteiger partial charge in [0.05, 0.1) is 5.92 Å². The van der Waals surface area contributed by atoms with Gasteiger partial charge in [0.25, 0.3) is 6.47 Å². The van der Waals surface area contributed by atoms with Crippen LogP contribution in [0.1, 0.15) is 19.4 Å². The maximum atomic E-state index is 12.7. The molecule has 2 aliphatic carbocycles. The van der Waals surface area contributed by atoms with Gasteiger partial charge in [-0.15, -0.1) is 0 Å². The van der Waals surface area contributed by atoms with E-state index in [0.29, 0.717) is 13.0 Å². The van der Waals surface area contributed by atoms with Gasteiger partial charge in [0.1, 0.15) is 6.10 Å². The van der Waals surface area contributed by atoms with Gasteiger partial charge in [-0.25, -0.2) is 0 Å². The third kappa shape index (κ3) is 2.79. The molecule has 0 saturated heterocycles. The van der Waals surface area contributed by atoms with Gasteiger partial charge in [0, 0.05) is 30.8 Å². The van der Waals surface area contributed by atoms with E-state index >= 15 is 0 Å². The monoisotopic (exact) mass is 312 g/mol. The van der Waals surface area contributed by atoms with Crippen molar-refractivity contribution in [2.24, 2.45) is 17.8 Å². The Balaban J connectivity index is 1.77. The summed E-state index contributed by atoms with van der Waals surface area (Å²) in [4.78, 5) is 27.6. The zero-order valence-electron chi connectivity index (χ0n) is 13.2. The molecule has 0 aromatic carbocycles. The number of allylic oxidation sites excluding steroid dienone is 2. The number of nitrogens with one attached hydrogen (secondary N) is 1. The van der Waals surface area contributed by atoms with Crippen molar-refractivity contribution in [3.8, 4) is 0 Å². The molecule has 4 atom stereocenters. The zero-order chi connectivity index (χ0) is 16.4. The van der Waals surface area contributed by atoms with Crippen molar-refractivity contribution in [1.29, 1.82) is 0 Å². The van der Waals surface area contributed by atoms with Crippen LogP contribution in [0.25, 0.3) is 0 Å². The second kappa shape index (κ2) is 6.36. The molecule has 2 bridgehead atoms. The van der Waals surface area contributed by atoms with Crippen molar-refractivity contribution < 1.29 is 14.3 Å². The maximum absolute atomic E-state index is 12.7. The van der Waals surface area contributed by atoms with Crippen LogP contribution >= 0.6 is 0 Å². The van der Waals surface area contributed by atoms with E-state index in [0.717, 1.165) is 5.56 Å². The molecule has 0 unspecified atom stereocenters. The third-order valence-corrected chi connectivity index (χ3v) is 4.62. The number of nitrogens with zero attached hydrogens (tertiary/aromatic N) is 1. The molecular weight excluding hydrogens is 292 g/mol. The van der Waals surface area contributed by atoms with Gasteiger partial charge in [-0.2, -0.15) is 0 Å². The van der Waals surface area contributed by atoms with Crippen LogP contribution < -0.4 is 5.32 Å². The summed E-state index contributed by atoms with van der Waals surface area (Å²) in [5, 5.41) is 2.94. The van der Waals surface area contributed by atoms with Crippen LogP contribution in [0.15, 0.2) is 47.8 Å². The lowest BCUT2D eigenvalue weighted by Crippen LogP contribution is -2.40. The predicted molar refractivity (Wildman–Crippen MR) is 85.0 cm³/mol. The number of carbonyl (C=O) groups excluding carboxylic acids is 2. The number of ether oxygens (including phenoxy) is 1. The summed E-state index contributed by atoms with van der Waals surface area (Å²) < 4.78 is 5.26. The van der Waals surface area contributed by atoms with Gasteiger partial charge in [0.2, 0.25) is 5.91 Å². The van der Waals surface area contributed by atoms with Crippen LogP contribution in [-0.2, 0) is 20.9 Å². The Labute approximate surface area is 135 Å². The lowest BCUT2D eigenvalue weighted by atomic mass is 9.89. The van der Waals surface area contributed by atoms with E-state index in [4.69, 9.17) is 4.74 Å².